The molecule has 3 atom stereocenters. The summed E-state index contributed by atoms with van der Waals surface area (Å²) in [6.45, 7) is 6.85. The third-order valence-electron chi connectivity index (χ3n) is 4.17. The summed E-state index contributed by atoms with van der Waals surface area (Å²) in [5, 5.41) is 0. The first-order valence-electron chi connectivity index (χ1n) is 9.27. The minimum Gasteiger partial charge on any atom is -0.469 e. The number of carbonyl (C=O) groups excluding carboxylic acids is 1. The van der Waals surface area contributed by atoms with Gasteiger partial charge in [0.25, 0.3) is 0 Å². The van der Waals surface area contributed by atoms with Crippen LogP contribution in [0.25, 0.3) is 0 Å². The van der Waals surface area contributed by atoms with Crippen LogP contribution in [0.2, 0.25) is 0 Å². The van der Waals surface area contributed by atoms with Crippen LogP contribution in [0.4, 0.5) is 13.2 Å². The molecule has 0 aromatic heterocycles. The van der Waals surface area contributed by atoms with Gasteiger partial charge in [0.1, 0.15) is 6.04 Å². The first-order chi connectivity index (χ1) is 11.9. The van der Waals surface area contributed by atoms with Gasteiger partial charge in [0.2, 0.25) is 0 Å². The first-order valence-corrected chi connectivity index (χ1v) is 10.4. The number of nitrogens with one attached hydrogen (secondary N) is 1. The predicted octanol–water partition coefficient (Wildman–Crippen LogP) is 4.90. The molecule has 0 amide bonds. The summed E-state index contributed by atoms with van der Waals surface area (Å²) < 4.78 is 58.6. The van der Waals surface area contributed by atoms with Crippen LogP contribution in [0.1, 0.15) is 79.1 Å². The number of rotatable bonds is 12. The fourth-order valence-electron chi connectivity index (χ4n) is 2.56. The number of carbonyl (C=O) groups is 1. The van der Waals surface area contributed by atoms with E-state index in [1.165, 1.54) is 0 Å². The van der Waals surface area contributed by atoms with Crippen LogP contribution < -0.4 is 4.72 Å². The Labute approximate surface area is 158 Å². The molecule has 0 heterocycles. The number of ether oxygens (including phenoxy) is 1. The Balaban J connectivity index is 4.95. The van der Waals surface area contributed by atoms with Crippen molar-refractivity contribution >= 4 is 17.0 Å². The number of methoxy groups -OCH3 is 1. The van der Waals surface area contributed by atoms with E-state index < -0.39 is 39.8 Å². The Kier molecular flexibility index (Phi) is 11.7. The van der Waals surface area contributed by atoms with Gasteiger partial charge in [-0.3, -0.25) is 4.79 Å². The average Bonchev–Trinajstić information content (AvgIpc) is 2.53. The van der Waals surface area contributed by atoms with Gasteiger partial charge in [-0.1, -0.05) is 51.9 Å². The van der Waals surface area contributed by atoms with Crippen LogP contribution in [0.15, 0.2) is 0 Å². The van der Waals surface area contributed by atoms with Gasteiger partial charge in [0.15, 0.2) is 0 Å². The normalized spacial score (nSPS) is 16.2. The first kappa shape index (κ1) is 25.4. The zero-order valence-corrected chi connectivity index (χ0v) is 17.4. The van der Waals surface area contributed by atoms with E-state index in [9.17, 15) is 22.2 Å². The molecule has 0 fully saturated rings. The molecule has 26 heavy (non-hydrogen) atoms. The van der Waals surface area contributed by atoms with Gasteiger partial charge in [-0.05, 0) is 27.2 Å². The third-order valence-corrected chi connectivity index (χ3v) is 5.75. The SMILES string of the molecule is CCCCCCCCC[C@H](C(=O)OC)[C@H](N[S@@](=O)C(C)(C)C)C(F)(F)F. The Morgan fingerprint density at radius 1 is 1.04 bits per heavy atom. The minimum atomic E-state index is -4.69. The molecule has 0 aliphatic heterocycles. The largest absolute Gasteiger partial charge is 0.469 e. The minimum absolute atomic E-state index is 0.0545. The molecule has 0 bridgehead atoms. The highest BCUT2D eigenvalue weighted by atomic mass is 32.2. The molecule has 4 nitrogen and oxygen atoms in total. The molecule has 0 aliphatic carbocycles. The van der Waals surface area contributed by atoms with Crippen LogP contribution in [-0.4, -0.2) is 34.3 Å². The number of hydrogen-bond acceptors (Lipinski definition) is 3. The van der Waals surface area contributed by atoms with E-state index in [-0.39, 0.29) is 6.42 Å². The summed E-state index contributed by atoms with van der Waals surface area (Å²) in [5.41, 5.74) is 0. The third kappa shape index (κ3) is 9.90. The summed E-state index contributed by atoms with van der Waals surface area (Å²) in [7, 11) is -0.866. The van der Waals surface area contributed by atoms with Crippen molar-refractivity contribution in [3.8, 4) is 0 Å². The molecule has 0 saturated carbocycles. The Bertz CT molecular complexity index is 436. The molecule has 8 heteroatoms. The molecule has 156 valence electrons. The van der Waals surface area contributed by atoms with Crippen LogP contribution in [0.5, 0.6) is 0 Å². The maximum atomic E-state index is 13.5. The van der Waals surface area contributed by atoms with E-state index in [0.29, 0.717) is 6.42 Å². The fraction of sp³-hybridized carbons (Fsp3) is 0.944. The standard InChI is InChI=1S/C18H34F3NO3S/c1-6-7-8-9-10-11-12-13-14(16(23)25-5)15(18(19,20)21)22-26(24)17(2,3)4/h14-15,22H,6-13H2,1-5H3/t14-,15-,26-/m0/s1. The van der Waals surface area contributed by atoms with Crippen molar-refractivity contribution in [2.24, 2.45) is 5.92 Å². The second kappa shape index (κ2) is 12.0. The summed E-state index contributed by atoms with van der Waals surface area (Å²) in [6, 6.07) is -2.19. The maximum Gasteiger partial charge on any atom is 0.405 e. The van der Waals surface area contributed by atoms with Crippen molar-refractivity contribution in [2.45, 2.75) is 96.0 Å². The molecule has 0 aliphatic rings. The zero-order chi connectivity index (χ0) is 20.4. The van der Waals surface area contributed by atoms with Crippen molar-refractivity contribution in [3.05, 3.63) is 0 Å². The van der Waals surface area contributed by atoms with E-state index in [1.54, 1.807) is 20.8 Å². The highest BCUT2D eigenvalue weighted by Crippen LogP contribution is 2.31. The molecule has 0 rings (SSSR count). The van der Waals surface area contributed by atoms with Gasteiger partial charge in [-0.2, -0.15) is 13.2 Å². The van der Waals surface area contributed by atoms with Gasteiger partial charge >= 0.3 is 12.1 Å². The van der Waals surface area contributed by atoms with Crippen molar-refractivity contribution in [2.75, 3.05) is 7.11 Å². The van der Waals surface area contributed by atoms with Gasteiger partial charge in [-0.25, -0.2) is 8.93 Å². The van der Waals surface area contributed by atoms with Gasteiger partial charge < -0.3 is 4.74 Å². The van der Waals surface area contributed by atoms with Crippen LogP contribution in [0.3, 0.4) is 0 Å². The topological polar surface area (TPSA) is 55.4 Å². The summed E-state index contributed by atoms with van der Waals surface area (Å²) in [6.07, 6.45) is 2.02. The molecular formula is C18H34F3NO3S. The second-order valence-electron chi connectivity index (χ2n) is 7.56. The zero-order valence-electron chi connectivity index (χ0n) is 16.6. The predicted molar refractivity (Wildman–Crippen MR) is 99.0 cm³/mol. The molecular weight excluding hydrogens is 367 g/mol. The van der Waals surface area contributed by atoms with Crippen LogP contribution in [-0.2, 0) is 20.5 Å². The Hall–Kier alpha value is -0.630. The van der Waals surface area contributed by atoms with Crippen molar-refractivity contribution in [3.63, 3.8) is 0 Å². The highest BCUT2D eigenvalue weighted by Gasteiger charge is 2.49. The average molecular weight is 402 g/mol. The Morgan fingerprint density at radius 2 is 1.54 bits per heavy atom. The lowest BCUT2D eigenvalue weighted by atomic mass is 9.93. The van der Waals surface area contributed by atoms with E-state index in [2.05, 4.69) is 16.4 Å². The molecule has 0 unspecified atom stereocenters. The molecule has 1 N–H and O–H groups in total. The Morgan fingerprint density at radius 3 is 1.96 bits per heavy atom. The van der Waals surface area contributed by atoms with Crippen molar-refractivity contribution in [1.29, 1.82) is 0 Å². The van der Waals surface area contributed by atoms with E-state index in [1.807, 2.05) is 0 Å². The number of unbranched alkanes of at least 4 members (excludes halogenated alkanes) is 6. The summed E-state index contributed by atoms with van der Waals surface area (Å²) >= 11 is 0. The summed E-state index contributed by atoms with van der Waals surface area (Å²) in [4.78, 5) is 12.0. The van der Waals surface area contributed by atoms with Crippen LogP contribution >= 0.6 is 0 Å². The fourth-order valence-corrected chi connectivity index (χ4v) is 3.44. The number of alkyl halides is 3. The number of hydrogen-bond donors (Lipinski definition) is 1. The van der Waals surface area contributed by atoms with Crippen molar-refractivity contribution in [1.82, 2.24) is 4.72 Å². The molecule has 0 aromatic rings. The van der Waals surface area contributed by atoms with Crippen LogP contribution in [0, 0.1) is 5.92 Å². The van der Waals surface area contributed by atoms with E-state index in [4.69, 9.17) is 0 Å². The van der Waals surface area contributed by atoms with Gasteiger partial charge in [0, 0.05) is 0 Å². The maximum absolute atomic E-state index is 13.5. The van der Waals surface area contributed by atoms with Gasteiger partial charge in [0.05, 0.1) is 28.8 Å². The quantitative estimate of drug-likeness (QED) is 0.374. The lowest BCUT2D eigenvalue weighted by Gasteiger charge is -2.30. The van der Waals surface area contributed by atoms with E-state index >= 15 is 0 Å². The van der Waals surface area contributed by atoms with Crippen molar-refractivity contribution < 1.29 is 26.9 Å². The number of esters is 1. The molecule has 0 saturated heterocycles. The molecule has 0 aromatic carbocycles. The van der Waals surface area contributed by atoms with Gasteiger partial charge in [-0.15, -0.1) is 0 Å². The van der Waals surface area contributed by atoms with E-state index in [0.717, 1.165) is 45.6 Å². The highest BCUT2D eigenvalue weighted by molar-refractivity contribution is 7.84. The second-order valence-corrected chi connectivity index (χ2v) is 9.56. The number of halogens is 3. The lowest BCUT2D eigenvalue weighted by molar-refractivity contribution is -0.178. The summed E-state index contributed by atoms with van der Waals surface area (Å²) in [5.74, 6) is -2.32. The lowest BCUT2D eigenvalue weighted by Crippen LogP contribution is -2.53. The smallest absolute Gasteiger partial charge is 0.405 e. The molecule has 0 spiro atoms. The monoisotopic (exact) mass is 401 g/mol. The molecule has 0 radical (unpaired) electrons.